The van der Waals surface area contributed by atoms with Crippen molar-refractivity contribution in [2.45, 2.75) is 6.42 Å². The molecule has 15 heavy (non-hydrogen) atoms. The van der Waals surface area contributed by atoms with Crippen LogP contribution in [0.5, 0.6) is 0 Å². The fourth-order valence-corrected chi connectivity index (χ4v) is 2.07. The van der Waals surface area contributed by atoms with Gasteiger partial charge in [0.2, 0.25) is 0 Å². The monoisotopic (exact) mass is 382 g/mol. The minimum atomic E-state index is -0.930. The summed E-state index contributed by atoms with van der Waals surface area (Å²) in [5.41, 5.74) is 1.05. The van der Waals surface area contributed by atoms with Gasteiger partial charge in [-0.2, -0.15) is 0 Å². The topological polar surface area (TPSA) is 54.4 Å². The number of halogens is 2. The second-order valence-corrected chi connectivity index (χ2v) is 4.74. The Morgan fingerprint density at radius 1 is 1.40 bits per heavy atom. The first kappa shape index (κ1) is 12.6. The van der Waals surface area contributed by atoms with Crippen LogP contribution in [0.1, 0.15) is 15.9 Å². The maximum Gasteiger partial charge on any atom is 0.307 e. The molecule has 0 fully saturated rings. The fraction of sp³-hybridized carbons (Fsp3) is 0.200. The quantitative estimate of drug-likeness (QED) is 0.494. The molecule has 0 heterocycles. The first-order chi connectivity index (χ1) is 7.04. The van der Waals surface area contributed by atoms with Gasteiger partial charge in [-0.3, -0.25) is 9.59 Å². The molecule has 0 aromatic heterocycles. The average Bonchev–Trinajstić information content (AvgIpc) is 2.16. The molecule has 0 aliphatic rings. The lowest BCUT2D eigenvalue weighted by atomic mass is 10.0. The zero-order chi connectivity index (χ0) is 11.4. The maximum atomic E-state index is 11.5. The van der Waals surface area contributed by atoms with E-state index in [1.54, 1.807) is 18.2 Å². The largest absolute Gasteiger partial charge is 0.481 e. The maximum absolute atomic E-state index is 11.5. The minimum absolute atomic E-state index is 0.0948. The van der Waals surface area contributed by atoms with E-state index in [1.165, 1.54) is 0 Å². The molecular weight excluding hydrogens is 375 g/mol. The number of Topliss-reactive ketones (excluding diaryl/α,β-unsaturated/α-hetero) is 1. The summed E-state index contributed by atoms with van der Waals surface area (Å²) in [5, 5.41) is 8.92. The van der Waals surface area contributed by atoms with Gasteiger partial charge in [-0.15, -0.1) is 0 Å². The number of benzene rings is 1. The second kappa shape index (κ2) is 5.60. The minimum Gasteiger partial charge on any atom is -0.481 e. The summed E-state index contributed by atoms with van der Waals surface area (Å²) < 4.78 is 0.926. The molecule has 1 aromatic rings. The molecule has 1 N–H and O–H groups in total. The van der Waals surface area contributed by atoms with Crippen LogP contribution in [0.4, 0.5) is 0 Å². The first-order valence-corrected chi connectivity index (χ1v) is 6.34. The van der Waals surface area contributed by atoms with E-state index in [4.69, 9.17) is 5.11 Å². The lowest BCUT2D eigenvalue weighted by Crippen LogP contribution is -2.09. The van der Waals surface area contributed by atoms with E-state index in [2.05, 4.69) is 38.5 Å². The van der Waals surface area contributed by atoms with Gasteiger partial charge in [-0.25, -0.2) is 0 Å². The number of alkyl halides is 1. The normalized spacial score (nSPS) is 10.0. The lowest BCUT2D eigenvalue weighted by molar-refractivity contribution is -0.136. The number of carbonyl (C=O) groups is 2. The van der Waals surface area contributed by atoms with Gasteiger partial charge in [-0.1, -0.05) is 22.0 Å². The summed E-state index contributed by atoms with van der Waals surface area (Å²) >= 11 is 5.16. The van der Waals surface area contributed by atoms with Crippen LogP contribution in [0.25, 0.3) is 0 Å². The van der Waals surface area contributed by atoms with E-state index < -0.39 is 5.97 Å². The molecule has 3 nitrogen and oxygen atoms in total. The van der Waals surface area contributed by atoms with E-state index >= 15 is 0 Å². The van der Waals surface area contributed by atoms with Gasteiger partial charge in [0, 0.05) is 9.13 Å². The number of ketones is 1. The van der Waals surface area contributed by atoms with Gasteiger partial charge in [0.15, 0.2) is 5.78 Å². The lowest BCUT2D eigenvalue weighted by Gasteiger charge is -2.05. The summed E-state index contributed by atoms with van der Waals surface area (Å²) in [6.45, 7) is 0. The van der Waals surface area contributed by atoms with Crippen LogP contribution in [0.15, 0.2) is 18.2 Å². The van der Waals surface area contributed by atoms with Crippen molar-refractivity contribution in [3.8, 4) is 0 Å². The zero-order valence-corrected chi connectivity index (χ0v) is 11.4. The van der Waals surface area contributed by atoms with Gasteiger partial charge >= 0.3 is 5.97 Å². The molecule has 1 rings (SSSR count). The number of carbonyl (C=O) groups excluding carboxylic acids is 1. The van der Waals surface area contributed by atoms with Crippen molar-refractivity contribution in [2.75, 3.05) is 5.33 Å². The molecule has 5 heteroatoms. The van der Waals surface area contributed by atoms with Gasteiger partial charge in [0.05, 0.1) is 11.8 Å². The number of rotatable bonds is 4. The predicted octanol–water partition coefficient (Wildman–Crippen LogP) is 2.50. The first-order valence-electron chi connectivity index (χ1n) is 4.14. The van der Waals surface area contributed by atoms with Crippen molar-refractivity contribution in [2.24, 2.45) is 0 Å². The highest BCUT2D eigenvalue weighted by Gasteiger charge is 2.12. The summed E-state index contributed by atoms with van der Waals surface area (Å²) in [5.74, 6) is -1.02. The van der Waals surface area contributed by atoms with E-state index in [0.29, 0.717) is 11.1 Å². The molecule has 0 saturated carbocycles. The van der Waals surface area contributed by atoms with Crippen LogP contribution in [0, 0.1) is 3.57 Å². The van der Waals surface area contributed by atoms with Crippen molar-refractivity contribution < 1.29 is 14.7 Å². The molecule has 0 radical (unpaired) electrons. The predicted molar refractivity (Wildman–Crippen MR) is 68.6 cm³/mol. The Labute approximate surface area is 109 Å². The number of aliphatic carboxylic acids is 1. The molecule has 0 unspecified atom stereocenters. The van der Waals surface area contributed by atoms with Crippen LogP contribution in [0.3, 0.4) is 0 Å². The zero-order valence-electron chi connectivity index (χ0n) is 7.67. The summed E-state index contributed by atoms with van der Waals surface area (Å²) in [7, 11) is 0. The van der Waals surface area contributed by atoms with Crippen molar-refractivity contribution in [3.63, 3.8) is 0 Å². The Kier molecular flexibility index (Phi) is 4.72. The van der Waals surface area contributed by atoms with Gasteiger partial charge < -0.3 is 5.11 Å². The van der Waals surface area contributed by atoms with Crippen LogP contribution in [0.2, 0.25) is 0 Å². The summed E-state index contributed by atoms with van der Waals surface area (Å²) in [6, 6.07) is 5.19. The van der Waals surface area contributed by atoms with Crippen molar-refractivity contribution >= 4 is 50.3 Å². The molecular formula is C10H8BrIO3. The molecule has 0 saturated heterocycles. The van der Waals surface area contributed by atoms with Crippen molar-refractivity contribution in [1.29, 1.82) is 0 Å². The number of carboxylic acid groups (broad SMARTS) is 1. The highest BCUT2D eigenvalue weighted by Crippen LogP contribution is 2.16. The fourth-order valence-electron chi connectivity index (χ4n) is 1.22. The Balaban J connectivity index is 3.13. The average molecular weight is 383 g/mol. The second-order valence-electron chi connectivity index (χ2n) is 2.93. The van der Waals surface area contributed by atoms with Gasteiger partial charge in [0.25, 0.3) is 0 Å². The van der Waals surface area contributed by atoms with E-state index in [1.807, 2.05) is 0 Å². The SMILES string of the molecule is O=C(O)Cc1cc(I)ccc1C(=O)CBr. The van der Waals surface area contributed by atoms with Crippen LogP contribution >= 0.6 is 38.5 Å². The van der Waals surface area contributed by atoms with Crippen molar-refractivity contribution in [1.82, 2.24) is 0 Å². The highest BCUT2D eigenvalue weighted by atomic mass is 127. The molecule has 1 aromatic carbocycles. The van der Waals surface area contributed by atoms with Crippen LogP contribution < -0.4 is 0 Å². The Morgan fingerprint density at radius 2 is 2.07 bits per heavy atom. The highest BCUT2D eigenvalue weighted by molar-refractivity contribution is 14.1. The Bertz CT molecular complexity index is 404. The van der Waals surface area contributed by atoms with E-state index in [9.17, 15) is 9.59 Å². The molecule has 0 spiro atoms. The van der Waals surface area contributed by atoms with Gasteiger partial charge in [-0.05, 0) is 40.3 Å². The third kappa shape index (κ3) is 3.57. The summed E-state index contributed by atoms with van der Waals surface area (Å²) in [4.78, 5) is 22.1. The smallest absolute Gasteiger partial charge is 0.307 e. The van der Waals surface area contributed by atoms with E-state index in [-0.39, 0.29) is 17.5 Å². The number of hydrogen-bond acceptors (Lipinski definition) is 2. The standard InChI is InChI=1S/C10H8BrIO3/c11-5-9(13)8-2-1-7(12)3-6(8)4-10(14)15/h1-3H,4-5H2,(H,14,15). The van der Waals surface area contributed by atoms with Gasteiger partial charge in [0.1, 0.15) is 0 Å². The Morgan fingerprint density at radius 3 is 2.60 bits per heavy atom. The van der Waals surface area contributed by atoms with Crippen molar-refractivity contribution in [3.05, 3.63) is 32.9 Å². The third-order valence-electron chi connectivity index (χ3n) is 1.83. The molecule has 0 aliphatic heterocycles. The third-order valence-corrected chi connectivity index (χ3v) is 3.01. The summed E-state index contributed by atoms with van der Waals surface area (Å²) in [6.07, 6.45) is -0.120. The molecule has 0 bridgehead atoms. The molecule has 0 atom stereocenters. The Hall–Kier alpha value is -0.430. The number of carboxylic acids is 1. The van der Waals surface area contributed by atoms with Crippen LogP contribution in [-0.4, -0.2) is 22.2 Å². The molecule has 0 aliphatic carbocycles. The molecule has 0 amide bonds. The van der Waals surface area contributed by atoms with Crippen LogP contribution in [-0.2, 0) is 11.2 Å². The number of hydrogen-bond donors (Lipinski definition) is 1. The molecule has 80 valence electrons. The van der Waals surface area contributed by atoms with E-state index in [0.717, 1.165) is 3.57 Å².